The zero-order valence-electron chi connectivity index (χ0n) is 17.6. The number of benzene rings is 2. The molecule has 0 atom stereocenters. The topological polar surface area (TPSA) is 88.2 Å². The Morgan fingerprint density at radius 1 is 1.12 bits per heavy atom. The molecule has 6 nitrogen and oxygen atoms in total. The summed E-state index contributed by atoms with van der Waals surface area (Å²) in [6.07, 6.45) is 2.65. The van der Waals surface area contributed by atoms with Gasteiger partial charge in [0, 0.05) is 27.9 Å². The predicted molar refractivity (Wildman–Crippen MR) is 127 cm³/mol. The molecule has 1 saturated carbocycles. The Labute approximate surface area is 197 Å². The van der Waals surface area contributed by atoms with Gasteiger partial charge in [-0.25, -0.2) is 18.1 Å². The van der Waals surface area contributed by atoms with Crippen molar-refractivity contribution in [2.24, 2.45) is 0 Å². The van der Waals surface area contributed by atoms with Gasteiger partial charge in [-0.2, -0.15) is 0 Å². The summed E-state index contributed by atoms with van der Waals surface area (Å²) in [6.45, 7) is 2.39. The molecule has 1 amide bonds. The van der Waals surface area contributed by atoms with Crippen molar-refractivity contribution >= 4 is 38.9 Å². The lowest BCUT2D eigenvalue weighted by atomic mass is 10.1. The van der Waals surface area contributed by atoms with Gasteiger partial charge >= 0.3 is 0 Å². The van der Waals surface area contributed by atoms with Crippen molar-refractivity contribution in [3.8, 4) is 11.3 Å². The summed E-state index contributed by atoms with van der Waals surface area (Å²) in [5.74, 6) is -0.0713. The molecule has 1 heterocycles. The summed E-state index contributed by atoms with van der Waals surface area (Å²) in [5.41, 5.74) is 2.82. The van der Waals surface area contributed by atoms with Crippen LogP contribution in [0.5, 0.6) is 0 Å². The third-order valence-electron chi connectivity index (χ3n) is 5.17. The van der Waals surface area contributed by atoms with E-state index in [0.717, 1.165) is 39.5 Å². The molecule has 0 unspecified atom stereocenters. The maximum atomic E-state index is 12.3. The van der Waals surface area contributed by atoms with Crippen LogP contribution in [0.25, 0.3) is 11.3 Å². The molecule has 1 aliphatic rings. The molecule has 0 aliphatic heterocycles. The molecule has 1 aromatic heterocycles. The molecule has 0 spiro atoms. The fourth-order valence-corrected chi connectivity index (χ4v) is 5.57. The monoisotopic (exact) mass is 489 g/mol. The summed E-state index contributed by atoms with van der Waals surface area (Å²) >= 11 is 7.52. The lowest BCUT2D eigenvalue weighted by Crippen LogP contribution is -2.25. The highest BCUT2D eigenvalue weighted by Gasteiger charge is 2.27. The standard InChI is InChI=1S/C23H24ClN3O3S2/c1-15-23(17-5-7-18(24)8-6-17)26-22(31-15)14-25-21(28)13-4-16-2-11-20(12-3-16)32(29,30)27-19-9-10-19/h2-3,5-8,11-12,19,27H,4,9-10,13-14H2,1H3,(H,25,28). The zero-order chi connectivity index (χ0) is 22.7. The normalized spacial score (nSPS) is 13.8. The van der Waals surface area contributed by atoms with Gasteiger partial charge in [0.15, 0.2) is 0 Å². The van der Waals surface area contributed by atoms with Crippen molar-refractivity contribution in [3.05, 3.63) is 69.0 Å². The molecule has 1 fully saturated rings. The Morgan fingerprint density at radius 2 is 1.81 bits per heavy atom. The van der Waals surface area contributed by atoms with Crippen LogP contribution in [-0.4, -0.2) is 25.4 Å². The molecule has 2 aromatic carbocycles. The largest absolute Gasteiger partial charge is 0.350 e. The summed E-state index contributed by atoms with van der Waals surface area (Å²) in [6, 6.07) is 14.3. The van der Waals surface area contributed by atoms with Crippen molar-refractivity contribution in [1.82, 2.24) is 15.0 Å². The first-order valence-corrected chi connectivity index (χ1v) is 13.1. The molecule has 0 radical (unpaired) electrons. The van der Waals surface area contributed by atoms with E-state index in [1.54, 1.807) is 35.6 Å². The Hall–Kier alpha value is -2.26. The van der Waals surface area contributed by atoms with Gasteiger partial charge in [0.1, 0.15) is 5.01 Å². The van der Waals surface area contributed by atoms with E-state index in [1.807, 2.05) is 31.2 Å². The molecule has 3 aromatic rings. The number of hydrogen-bond acceptors (Lipinski definition) is 5. The highest BCUT2D eigenvalue weighted by Crippen LogP contribution is 2.28. The quantitative estimate of drug-likeness (QED) is 0.464. The fraction of sp³-hybridized carbons (Fsp3) is 0.304. The minimum Gasteiger partial charge on any atom is -0.350 e. The number of rotatable bonds is 9. The Morgan fingerprint density at radius 3 is 2.47 bits per heavy atom. The van der Waals surface area contributed by atoms with E-state index < -0.39 is 10.0 Å². The van der Waals surface area contributed by atoms with Gasteiger partial charge in [0.25, 0.3) is 0 Å². The lowest BCUT2D eigenvalue weighted by molar-refractivity contribution is -0.121. The third kappa shape index (κ3) is 5.95. The second kappa shape index (κ2) is 9.70. The van der Waals surface area contributed by atoms with Crippen LogP contribution in [0.15, 0.2) is 53.4 Å². The van der Waals surface area contributed by atoms with E-state index in [2.05, 4.69) is 15.0 Å². The second-order valence-corrected chi connectivity index (χ2v) is 11.3. The number of amides is 1. The van der Waals surface area contributed by atoms with Crippen LogP contribution in [0, 0.1) is 6.92 Å². The van der Waals surface area contributed by atoms with Crippen molar-refractivity contribution in [1.29, 1.82) is 0 Å². The van der Waals surface area contributed by atoms with Crippen LogP contribution in [0.1, 0.15) is 34.7 Å². The van der Waals surface area contributed by atoms with Crippen LogP contribution < -0.4 is 10.0 Å². The molecule has 4 rings (SSSR count). The van der Waals surface area contributed by atoms with Crippen LogP contribution >= 0.6 is 22.9 Å². The average molecular weight is 490 g/mol. The number of carbonyl (C=O) groups excluding carboxylic acids is 1. The van der Waals surface area contributed by atoms with Gasteiger partial charge < -0.3 is 5.32 Å². The number of hydrogen-bond donors (Lipinski definition) is 2. The minimum atomic E-state index is -3.45. The third-order valence-corrected chi connectivity index (χ3v) is 7.93. The lowest BCUT2D eigenvalue weighted by Gasteiger charge is -2.07. The van der Waals surface area contributed by atoms with Crippen LogP contribution in [0.3, 0.4) is 0 Å². The van der Waals surface area contributed by atoms with Gasteiger partial charge in [-0.05, 0) is 56.0 Å². The first kappa shape index (κ1) is 22.9. The molecule has 0 saturated heterocycles. The highest BCUT2D eigenvalue weighted by atomic mass is 35.5. The number of nitrogens with one attached hydrogen (secondary N) is 2. The number of sulfonamides is 1. The molecule has 9 heteroatoms. The van der Waals surface area contributed by atoms with Gasteiger partial charge in [-0.1, -0.05) is 35.9 Å². The fourth-order valence-electron chi connectivity index (χ4n) is 3.25. The van der Waals surface area contributed by atoms with E-state index in [1.165, 1.54) is 0 Å². The summed E-state index contributed by atoms with van der Waals surface area (Å²) in [7, 11) is -3.45. The minimum absolute atomic E-state index is 0.0713. The van der Waals surface area contributed by atoms with Crippen LogP contribution in [0.4, 0.5) is 0 Å². The number of aryl methyl sites for hydroxylation is 2. The second-order valence-electron chi connectivity index (χ2n) is 7.84. The Bertz CT molecular complexity index is 1200. The summed E-state index contributed by atoms with van der Waals surface area (Å²) < 4.78 is 27.1. The van der Waals surface area contributed by atoms with Crippen LogP contribution in [-0.2, 0) is 27.8 Å². The number of halogens is 1. The molecule has 168 valence electrons. The summed E-state index contributed by atoms with van der Waals surface area (Å²) in [4.78, 5) is 18.3. The predicted octanol–water partition coefficient (Wildman–Crippen LogP) is 4.46. The Kier molecular flexibility index (Phi) is 6.95. The number of thiazole rings is 1. The van der Waals surface area contributed by atoms with Gasteiger partial charge in [-0.15, -0.1) is 11.3 Å². The molecule has 1 aliphatic carbocycles. The van der Waals surface area contributed by atoms with E-state index in [-0.39, 0.29) is 16.8 Å². The maximum Gasteiger partial charge on any atom is 0.240 e. The molecular formula is C23H24ClN3O3S2. The van der Waals surface area contributed by atoms with Gasteiger partial charge in [0.2, 0.25) is 15.9 Å². The highest BCUT2D eigenvalue weighted by molar-refractivity contribution is 7.89. The first-order valence-electron chi connectivity index (χ1n) is 10.4. The smallest absolute Gasteiger partial charge is 0.240 e. The van der Waals surface area contributed by atoms with Crippen molar-refractivity contribution < 1.29 is 13.2 Å². The van der Waals surface area contributed by atoms with Gasteiger partial charge in [-0.3, -0.25) is 4.79 Å². The first-order chi connectivity index (χ1) is 15.3. The molecule has 0 bridgehead atoms. The van der Waals surface area contributed by atoms with Crippen molar-refractivity contribution in [3.63, 3.8) is 0 Å². The number of aromatic nitrogens is 1. The average Bonchev–Trinajstić information content (AvgIpc) is 3.50. The maximum absolute atomic E-state index is 12.3. The molecule has 32 heavy (non-hydrogen) atoms. The molecule has 2 N–H and O–H groups in total. The van der Waals surface area contributed by atoms with E-state index in [9.17, 15) is 13.2 Å². The van der Waals surface area contributed by atoms with Crippen molar-refractivity contribution in [2.45, 2.75) is 50.1 Å². The van der Waals surface area contributed by atoms with E-state index in [0.29, 0.717) is 24.4 Å². The van der Waals surface area contributed by atoms with Gasteiger partial charge in [0.05, 0.1) is 17.1 Å². The van der Waals surface area contributed by atoms with E-state index >= 15 is 0 Å². The SMILES string of the molecule is Cc1sc(CNC(=O)CCc2ccc(S(=O)(=O)NC3CC3)cc2)nc1-c1ccc(Cl)cc1. The Balaban J connectivity index is 1.27. The zero-order valence-corrected chi connectivity index (χ0v) is 20.0. The molecular weight excluding hydrogens is 466 g/mol. The number of carbonyl (C=O) groups is 1. The van der Waals surface area contributed by atoms with Crippen molar-refractivity contribution in [2.75, 3.05) is 0 Å². The summed E-state index contributed by atoms with van der Waals surface area (Å²) in [5, 5.41) is 4.44. The number of nitrogens with zero attached hydrogens (tertiary/aromatic N) is 1. The van der Waals surface area contributed by atoms with E-state index in [4.69, 9.17) is 11.6 Å². The van der Waals surface area contributed by atoms with Crippen LogP contribution in [0.2, 0.25) is 5.02 Å².